The van der Waals surface area contributed by atoms with E-state index >= 15 is 0 Å². The number of rotatable bonds is 4. The molecule has 4 aliphatic rings. The Morgan fingerprint density at radius 3 is 2.55 bits per heavy atom. The van der Waals surface area contributed by atoms with E-state index in [-0.39, 0.29) is 17.7 Å². The first-order valence-electron chi connectivity index (χ1n) is 10.5. The zero-order valence-electron chi connectivity index (χ0n) is 17.0. The van der Waals surface area contributed by atoms with E-state index in [1.165, 1.54) is 0 Å². The molecule has 0 spiro atoms. The van der Waals surface area contributed by atoms with E-state index in [2.05, 4.69) is 13.2 Å². The molecule has 174 valence electrons. The van der Waals surface area contributed by atoms with Crippen molar-refractivity contribution < 1.29 is 44.5 Å². The molecule has 11 atom stereocenters. The second-order valence-electron chi connectivity index (χ2n) is 9.00. The number of allylic oxidation sites excluding steroid dienone is 1. The first-order chi connectivity index (χ1) is 14.6. The van der Waals surface area contributed by atoms with Crippen molar-refractivity contribution in [2.24, 2.45) is 17.8 Å². The molecule has 2 aliphatic carbocycles. The van der Waals surface area contributed by atoms with Gasteiger partial charge in [0.1, 0.15) is 30.5 Å². The van der Waals surface area contributed by atoms with E-state index in [9.17, 15) is 30.3 Å². The fraction of sp³-hybridized carbons (Fsp3) is 0.762. The summed E-state index contributed by atoms with van der Waals surface area (Å²) in [4.78, 5) is 12.4. The van der Waals surface area contributed by atoms with E-state index in [0.29, 0.717) is 24.8 Å². The van der Waals surface area contributed by atoms with Crippen LogP contribution in [0.1, 0.15) is 19.3 Å². The van der Waals surface area contributed by atoms with Gasteiger partial charge in [-0.3, -0.25) is 0 Å². The number of hydrogen-bond acceptors (Lipinski definition) is 9. The van der Waals surface area contributed by atoms with Crippen LogP contribution in [0.5, 0.6) is 0 Å². The van der Waals surface area contributed by atoms with E-state index < -0.39 is 67.0 Å². The average molecular weight is 461 g/mol. The Morgan fingerprint density at radius 1 is 1.19 bits per heavy atom. The summed E-state index contributed by atoms with van der Waals surface area (Å²) in [5.74, 6) is -1.99. The summed E-state index contributed by atoms with van der Waals surface area (Å²) >= 11 is 5.93. The van der Waals surface area contributed by atoms with Crippen molar-refractivity contribution in [2.45, 2.75) is 67.8 Å². The van der Waals surface area contributed by atoms with Gasteiger partial charge in [-0.05, 0) is 30.8 Å². The molecule has 0 aromatic heterocycles. The normalized spacial score (nSPS) is 50.1. The summed E-state index contributed by atoms with van der Waals surface area (Å²) in [6.45, 7) is 7.76. The Bertz CT molecular complexity index is 757. The minimum Gasteiger partial charge on any atom is -0.459 e. The van der Waals surface area contributed by atoms with Crippen LogP contribution in [0.2, 0.25) is 0 Å². The molecule has 0 radical (unpaired) electrons. The number of esters is 1. The summed E-state index contributed by atoms with van der Waals surface area (Å²) < 4.78 is 17.0. The highest BCUT2D eigenvalue weighted by atomic mass is 35.5. The molecule has 2 saturated heterocycles. The lowest BCUT2D eigenvalue weighted by Crippen LogP contribution is -2.59. The average Bonchev–Trinajstić information content (AvgIpc) is 3.15. The van der Waals surface area contributed by atoms with Crippen LogP contribution in [0.25, 0.3) is 0 Å². The highest BCUT2D eigenvalue weighted by Gasteiger charge is 2.62. The van der Waals surface area contributed by atoms with Gasteiger partial charge in [-0.1, -0.05) is 18.7 Å². The van der Waals surface area contributed by atoms with Crippen LogP contribution >= 0.6 is 11.6 Å². The number of carbonyl (C=O) groups excluding carboxylic acids is 1. The Kier molecular flexibility index (Phi) is 6.26. The van der Waals surface area contributed by atoms with Crippen LogP contribution in [0.15, 0.2) is 24.3 Å². The second kappa shape index (κ2) is 8.39. The molecule has 5 N–H and O–H groups in total. The van der Waals surface area contributed by atoms with Crippen LogP contribution in [0, 0.1) is 17.8 Å². The number of hydrogen-bond donors (Lipinski definition) is 5. The predicted octanol–water partition coefficient (Wildman–Crippen LogP) is -0.775. The highest BCUT2D eigenvalue weighted by Crippen LogP contribution is 2.54. The molecule has 9 nitrogen and oxygen atoms in total. The molecule has 0 aromatic rings. The van der Waals surface area contributed by atoms with E-state index in [1.807, 2.05) is 0 Å². The third-order valence-electron chi connectivity index (χ3n) is 7.36. The van der Waals surface area contributed by atoms with Crippen molar-refractivity contribution in [2.75, 3.05) is 12.5 Å². The van der Waals surface area contributed by atoms with E-state index in [4.69, 9.17) is 25.8 Å². The number of ether oxygens (including phenoxy) is 3. The summed E-state index contributed by atoms with van der Waals surface area (Å²) in [5.41, 5.74) is -0.238. The predicted molar refractivity (Wildman–Crippen MR) is 107 cm³/mol. The molecule has 10 heteroatoms. The minimum atomic E-state index is -1.77. The second-order valence-corrected chi connectivity index (χ2v) is 9.26. The molecular weight excluding hydrogens is 432 g/mol. The Labute approximate surface area is 184 Å². The molecule has 0 amide bonds. The molecule has 4 rings (SSSR count). The van der Waals surface area contributed by atoms with Gasteiger partial charge in [-0.2, -0.15) is 0 Å². The van der Waals surface area contributed by atoms with Gasteiger partial charge in [-0.15, -0.1) is 11.6 Å². The molecule has 4 fully saturated rings. The fourth-order valence-corrected chi connectivity index (χ4v) is 5.79. The highest BCUT2D eigenvalue weighted by molar-refractivity contribution is 6.20. The van der Waals surface area contributed by atoms with Crippen molar-refractivity contribution in [1.29, 1.82) is 0 Å². The smallest absolute Gasteiger partial charge is 0.340 e. The quantitative estimate of drug-likeness (QED) is 0.207. The van der Waals surface area contributed by atoms with Gasteiger partial charge in [0.25, 0.3) is 0 Å². The number of alkyl halides is 1. The Hall–Kier alpha value is -1.04. The van der Waals surface area contributed by atoms with Crippen LogP contribution in [-0.2, 0) is 19.0 Å². The molecule has 0 unspecified atom stereocenters. The number of aliphatic hydroxyl groups is 5. The maximum atomic E-state index is 12.4. The number of carbonyl (C=O) groups is 1. The first kappa shape index (κ1) is 23.1. The maximum absolute atomic E-state index is 12.4. The molecule has 31 heavy (non-hydrogen) atoms. The van der Waals surface area contributed by atoms with Crippen molar-refractivity contribution >= 4 is 17.6 Å². The van der Waals surface area contributed by atoms with Crippen LogP contribution < -0.4 is 0 Å². The van der Waals surface area contributed by atoms with Crippen molar-refractivity contribution in [3.63, 3.8) is 0 Å². The van der Waals surface area contributed by atoms with Gasteiger partial charge < -0.3 is 39.7 Å². The fourth-order valence-electron chi connectivity index (χ4n) is 5.48. The number of fused-ring (bicyclic) bond motifs is 3. The summed E-state index contributed by atoms with van der Waals surface area (Å²) in [6, 6.07) is 0. The van der Waals surface area contributed by atoms with Gasteiger partial charge >= 0.3 is 5.97 Å². The third kappa shape index (κ3) is 3.55. The zero-order chi connectivity index (χ0) is 22.7. The van der Waals surface area contributed by atoms with E-state index in [0.717, 1.165) is 5.57 Å². The zero-order valence-corrected chi connectivity index (χ0v) is 17.7. The van der Waals surface area contributed by atoms with Gasteiger partial charge in [0, 0.05) is 11.8 Å². The molecule has 2 aliphatic heterocycles. The lowest BCUT2D eigenvalue weighted by molar-refractivity contribution is -0.308. The third-order valence-corrected chi connectivity index (χ3v) is 7.76. The van der Waals surface area contributed by atoms with Gasteiger partial charge in [0.15, 0.2) is 11.9 Å². The summed E-state index contributed by atoms with van der Waals surface area (Å²) in [6.07, 6.45) is -6.65. The molecule has 0 aromatic carbocycles. The Morgan fingerprint density at radius 2 is 1.90 bits per heavy atom. The lowest BCUT2D eigenvalue weighted by atomic mass is 9.78. The molecular formula is C21H29ClO9. The maximum Gasteiger partial charge on any atom is 0.340 e. The Balaban J connectivity index is 1.56. The first-order valence-corrected chi connectivity index (χ1v) is 11.0. The summed E-state index contributed by atoms with van der Waals surface area (Å²) in [5, 5.41) is 50.5. The largest absolute Gasteiger partial charge is 0.459 e. The SMILES string of the molecule is C=C1[C@@H]2[C@H]3OC(=O)[C@](O)(CCl)[C@@H]3CCC(=C)[C@@H]2C[C@@H]1O[C@H]1O[C@@H](CO)[C@H](O)[C@@H](O)[C@@H]1O. The van der Waals surface area contributed by atoms with Crippen molar-refractivity contribution in [3.8, 4) is 0 Å². The molecule has 2 heterocycles. The van der Waals surface area contributed by atoms with Crippen LogP contribution in [0.3, 0.4) is 0 Å². The summed E-state index contributed by atoms with van der Waals surface area (Å²) in [7, 11) is 0. The van der Waals surface area contributed by atoms with Crippen LogP contribution in [0.4, 0.5) is 0 Å². The van der Waals surface area contributed by atoms with Gasteiger partial charge in [0.05, 0.1) is 18.6 Å². The van der Waals surface area contributed by atoms with Crippen molar-refractivity contribution in [3.05, 3.63) is 24.3 Å². The van der Waals surface area contributed by atoms with Crippen LogP contribution in [-0.4, -0.2) is 92.5 Å². The number of aliphatic hydroxyl groups excluding tert-OH is 4. The topological polar surface area (TPSA) is 146 Å². The van der Waals surface area contributed by atoms with Gasteiger partial charge in [0.2, 0.25) is 0 Å². The van der Waals surface area contributed by atoms with E-state index in [1.54, 1.807) is 0 Å². The lowest BCUT2D eigenvalue weighted by Gasteiger charge is -2.40. The molecule has 0 bridgehead atoms. The van der Waals surface area contributed by atoms with Gasteiger partial charge in [-0.25, -0.2) is 4.79 Å². The molecule has 2 saturated carbocycles. The number of halogens is 1. The minimum absolute atomic E-state index is 0.122. The standard InChI is InChI=1S/C21H29ClO9/c1-8-3-4-11-18(31-20(27)21(11,28)7-22)14-9(2)12(5-10(8)14)29-19-17(26)16(25)15(24)13(6-23)30-19/h10-19,23-26,28H,1-7H2/t10-,11+,12-,13-,14-,15-,16+,17-,18-,19-,21-/m0/s1. The monoisotopic (exact) mass is 460 g/mol. The van der Waals surface area contributed by atoms with Crippen molar-refractivity contribution in [1.82, 2.24) is 0 Å².